The zero-order valence-electron chi connectivity index (χ0n) is 9.40. The van der Waals surface area contributed by atoms with E-state index in [0.717, 1.165) is 6.42 Å². The zero-order chi connectivity index (χ0) is 11.0. The van der Waals surface area contributed by atoms with Crippen molar-refractivity contribution in [3.63, 3.8) is 0 Å². The number of hydrogen-bond acceptors (Lipinski definition) is 0. The van der Waals surface area contributed by atoms with Gasteiger partial charge in [0.05, 0.1) is 0 Å². The minimum Gasteiger partial charge on any atom is -0.0726 e. The third-order valence-corrected chi connectivity index (χ3v) is 3.14. The first-order valence-electron chi connectivity index (χ1n) is 5.69. The van der Waals surface area contributed by atoms with Crippen molar-refractivity contribution in [2.24, 2.45) is 0 Å². The van der Waals surface area contributed by atoms with E-state index in [9.17, 15) is 0 Å². The van der Waals surface area contributed by atoms with Gasteiger partial charge in [0.25, 0.3) is 0 Å². The molecule has 16 heavy (non-hydrogen) atoms. The first-order chi connectivity index (χ1) is 7.83. The van der Waals surface area contributed by atoms with Crippen molar-refractivity contribution in [2.45, 2.75) is 13.3 Å². The molecule has 0 atom stereocenters. The van der Waals surface area contributed by atoms with Crippen molar-refractivity contribution in [3.8, 4) is 0 Å². The maximum absolute atomic E-state index is 2.32. The summed E-state index contributed by atoms with van der Waals surface area (Å²) in [5.41, 5.74) is 1.42. The summed E-state index contributed by atoms with van der Waals surface area (Å²) in [5, 5.41) is 5.33. The van der Waals surface area contributed by atoms with E-state index >= 15 is 0 Å². The molecule has 1 aliphatic carbocycles. The lowest BCUT2D eigenvalue weighted by atomic mass is 10.1. The Balaban J connectivity index is 2.42. The molecule has 1 aliphatic rings. The van der Waals surface area contributed by atoms with Gasteiger partial charge in [-0.2, -0.15) is 0 Å². The Morgan fingerprint density at radius 3 is 2.31 bits per heavy atom. The fourth-order valence-corrected chi connectivity index (χ4v) is 2.17. The topological polar surface area (TPSA) is 0 Å². The van der Waals surface area contributed by atoms with Crippen LogP contribution >= 0.6 is 0 Å². The molecule has 0 amide bonds. The van der Waals surface area contributed by atoms with Gasteiger partial charge in [0.2, 0.25) is 0 Å². The highest BCUT2D eigenvalue weighted by Gasteiger charge is 1.96. The minimum absolute atomic E-state index is 1.06. The molecule has 3 rings (SSSR count). The summed E-state index contributed by atoms with van der Waals surface area (Å²) in [7, 11) is 0. The molecule has 0 saturated heterocycles. The van der Waals surface area contributed by atoms with Crippen molar-refractivity contribution in [2.75, 3.05) is 0 Å². The van der Waals surface area contributed by atoms with Crippen molar-refractivity contribution >= 4 is 22.9 Å². The molecule has 0 heterocycles. The Morgan fingerprint density at radius 1 is 0.875 bits per heavy atom. The van der Waals surface area contributed by atoms with Gasteiger partial charge in [-0.05, 0) is 46.7 Å². The summed E-state index contributed by atoms with van der Waals surface area (Å²) in [5.74, 6) is 0. The standard InChI is InChI=1S/C16H14/c1-12-6-8-15-10-13-4-2-3-5-14(13)11-16(15)9-7-12/h2-6,8-11H,7H2,1H3. The molecule has 0 heteroatoms. The van der Waals surface area contributed by atoms with Crippen molar-refractivity contribution < 1.29 is 0 Å². The highest BCUT2D eigenvalue weighted by Crippen LogP contribution is 2.09. The van der Waals surface area contributed by atoms with Gasteiger partial charge in [-0.1, -0.05) is 48.1 Å². The fraction of sp³-hybridized carbons (Fsp3) is 0.125. The van der Waals surface area contributed by atoms with Crippen molar-refractivity contribution in [1.82, 2.24) is 0 Å². The van der Waals surface area contributed by atoms with Crippen LogP contribution in [0.1, 0.15) is 13.3 Å². The van der Waals surface area contributed by atoms with Crippen LogP contribution < -0.4 is 10.4 Å². The molecule has 0 aliphatic heterocycles. The van der Waals surface area contributed by atoms with E-state index < -0.39 is 0 Å². The number of benzene rings is 2. The van der Waals surface area contributed by atoms with E-state index in [0.29, 0.717) is 0 Å². The molecule has 0 unspecified atom stereocenters. The molecule has 0 N–H and O–H groups in total. The first kappa shape index (κ1) is 9.41. The Morgan fingerprint density at radius 2 is 1.56 bits per heavy atom. The second kappa shape index (κ2) is 3.64. The van der Waals surface area contributed by atoms with E-state index in [-0.39, 0.29) is 0 Å². The Hall–Kier alpha value is -1.82. The van der Waals surface area contributed by atoms with Gasteiger partial charge in [-0.3, -0.25) is 0 Å². The summed E-state index contributed by atoms with van der Waals surface area (Å²) in [6, 6.07) is 13.1. The van der Waals surface area contributed by atoms with Crippen LogP contribution in [0, 0.1) is 0 Å². The van der Waals surface area contributed by atoms with Gasteiger partial charge in [0.15, 0.2) is 0 Å². The summed E-state index contributed by atoms with van der Waals surface area (Å²) < 4.78 is 0. The highest BCUT2D eigenvalue weighted by atomic mass is 14.0. The van der Waals surface area contributed by atoms with Crippen LogP contribution in [0.15, 0.2) is 48.0 Å². The normalized spacial score (nSPS) is 14.4. The van der Waals surface area contributed by atoms with Crippen LogP contribution in [0.25, 0.3) is 22.9 Å². The van der Waals surface area contributed by atoms with Gasteiger partial charge in [-0.15, -0.1) is 0 Å². The Kier molecular flexibility index (Phi) is 2.14. The lowest BCUT2D eigenvalue weighted by molar-refractivity contribution is 1.27. The number of rotatable bonds is 0. The SMILES string of the molecule is CC1=CC=c2cc3ccccc3cc2=CC1. The van der Waals surface area contributed by atoms with Crippen LogP contribution in [0.4, 0.5) is 0 Å². The summed E-state index contributed by atoms with van der Waals surface area (Å²) in [6.07, 6.45) is 7.82. The van der Waals surface area contributed by atoms with Gasteiger partial charge < -0.3 is 0 Å². The van der Waals surface area contributed by atoms with Crippen LogP contribution in [0.5, 0.6) is 0 Å². The van der Waals surface area contributed by atoms with Crippen molar-refractivity contribution in [3.05, 3.63) is 58.5 Å². The average Bonchev–Trinajstić information content (AvgIpc) is 2.49. The van der Waals surface area contributed by atoms with E-state index in [1.54, 1.807) is 0 Å². The third-order valence-electron chi connectivity index (χ3n) is 3.14. The number of fused-ring (bicyclic) bond motifs is 2. The van der Waals surface area contributed by atoms with E-state index in [1.165, 1.54) is 26.8 Å². The smallest absolute Gasteiger partial charge is 0.0129 e. The average molecular weight is 206 g/mol. The lowest BCUT2D eigenvalue weighted by Gasteiger charge is -1.97. The summed E-state index contributed by atoms with van der Waals surface area (Å²) in [6.45, 7) is 2.18. The molecule has 0 radical (unpaired) electrons. The van der Waals surface area contributed by atoms with Crippen LogP contribution in [-0.4, -0.2) is 0 Å². The lowest BCUT2D eigenvalue weighted by Crippen LogP contribution is -2.23. The molecule has 78 valence electrons. The van der Waals surface area contributed by atoms with Crippen molar-refractivity contribution in [1.29, 1.82) is 0 Å². The molecule has 2 aromatic carbocycles. The molecule has 0 saturated carbocycles. The maximum atomic E-state index is 2.32. The molecule has 0 bridgehead atoms. The third kappa shape index (κ3) is 1.57. The van der Waals surface area contributed by atoms with E-state index in [2.05, 4.69) is 61.5 Å². The molecule has 0 nitrogen and oxygen atoms in total. The maximum Gasteiger partial charge on any atom is -0.0129 e. The largest absolute Gasteiger partial charge is 0.0726 e. The van der Waals surface area contributed by atoms with E-state index in [1.807, 2.05) is 0 Å². The zero-order valence-corrected chi connectivity index (χ0v) is 9.40. The number of allylic oxidation sites excluding steroid dienone is 2. The fourth-order valence-electron chi connectivity index (χ4n) is 2.17. The van der Waals surface area contributed by atoms with E-state index in [4.69, 9.17) is 0 Å². The van der Waals surface area contributed by atoms with Crippen LogP contribution in [0.3, 0.4) is 0 Å². The predicted octanol–water partition coefficient (Wildman–Crippen LogP) is 2.75. The first-order valence-corrected chi connectivity index (χ1v) is 5.69. The Labute approximate surface area is 95.2 Å². The van der Waals surface area contributed by atoms with Gasteiger partial charge in [0.1, 0.15) is 0 Å². The second-order valence-corrected chi connectivity index (χ2v) is 4.42. The molecule has 0 spiro atoms. The molecule has 2 aromatic rings. The molecule has 0 fully saturated rings. The van der Waals surface area contributed by atoms with Gasteiger partial charge >= 0.3 is 0 Å². The number of hydrogen-bond donors (Lipinski definition) is 0. The molecular weight excluding hydrogens is 192 g/mol. The summed E-state index contributed by atoms with van der Waals surface area (Å²) >= 11 is 0. The molecular formula is C16H14. The Bertz CT molecular complexity index is 688. The monoisotopic (exact) mass is 206 g/mol. The predicted molar refractivity (Wildman–Crippen MR) is 70.5 cm³/mol. The quantitative estimate of drug-likeness (QED) is 0.621. The second-order valence-electron chi connectivity index (χ2n) is 4.42. The summed E-state index contributed by atoms with van der Waals surface area (Å²) in [4.78, 5) is 0. The minimum atomic E-state index is 1.06. The van der Waals surface area contributed by atoms with Gasteiger partial charge in [0, 0.05) is 0 Å². The van der Waals surface area contributed by atoms with Gasteiger partial charge in [-0.25, -0.2) is 0 Å². The molecule has 0 aromatic heterocycles. The van der Waals surface area contributed by atoms with Crippen LogP contribution in [0.2, 0.25) is 0 Å². The highest BCUT2D eigenvalue weighted by molar-refractivity contribution is 5.83. The van der Waals surface area contributed by atoms with Crippen LogP contribution in [-0.2, 0) is 0 Å².